The molecule has 0 bridgehead atoms. The molecular formula is C17H18. The number of hydrogen-bond donors (Lipinski definition) is 0. The molecule has 0 radical (unpaired) electrons. The fraction of sp³-hybridized carbons (Fsp3) is 0.294. The molecule has 86 valence electrons. The van der Waals surface area contributed by atoms with Gasteiger partial charge in [-0.1, -0.05) is 60.2 Å². The predicted molar refractivity (Wildman–Crippen MR) is 73.7 cm³/mol. The average Bonchev–Trinajstić information content (AvgIpc) is 2.39. The molecule has 2 atom stereocenters. The van der Waals surface area contributed by atoms with Crippen LogP contribution in [0.3, 0.4) is 0 Å². The molecule has 0 heteroatoms. The Morgan fingerprint density at radius 3 is 2.71 bits per heavy atom. The van der Waals surface area contributed by atoms with Gasteiger partial charge < -0.3 is 0 Å². The molecule has 1 aromatic rings. The van der Waals surface area contributed by atoms with Gasteiger partial charge in [-0.05, 0) is 36.8 Å². The van der Waals surface area contributed by atoms with Crippen molar-refractivity contribution in [3.05, 3.63) is 65.8 Å². The molecular weight excluding hydrogens is 204 g/mol. The van der Waals surface area contributed by atoms with Crippen molar-refractivity contribution < 1.29 is 0 Å². The van der Waals surface area contributed by atoms with Crippen LogP contribution in [-0.4, -0.2) is 0 Å². The summed E-state index contributed by atoms with van der Waals surface area (Å²) >= 11 is 0. The number of fused-ring (bicyclic) bond motifs is 1. The Balaban J connectivity index is 1.98. The van der Waals surface area contributed by atoms with E-state index in [0.717, 1.165) is 0 Å². The second-order valence-corrected chi connectivity index (χ2v) is 5.07. The molecule has 0 saturated heterocycles. The van der Waals surface area contributed by atoms with E-state index in [4.69, 9.17) is 0 Å². The van der Waals surface area contributed by atoms with Crippen LogP contribution in [0.15, 0.2) is 54.6 Å². The number of hydrogen-bond acceptors (Lipinski definition) is 0. The van der Waals surface area contributed by atoms with Crippen LogP contribution in [0, 0.1) is 18.8 Å². The van der Waals surface area contributed by atoms with Crippen LogP contribution in [0.25, 0.3) is 5.57 Å². The molecule has 0 nitrogen and oxygen atoms in total. The first kappa shape index (κ1) is 10.6. The topological polar surface area (TPSA) is 0 Å². The summed E-state index contributed by atoms with van der Waals surface area (Å²) in [6.45, 7) is 2.14. The van der Waals surface area contributed by atoms with Crippen molar-refractivity contribution >= 4 is 5.57 Å². The molecule has 0 N–H and O–H groups in total. The van der Waals surface area contributed by atoms with Gasteiger partial charge in [0.05, 0.1) is 0 Å². The van der Waals surface area contributed by atoms with Crippen molar-refractivity contribution in [2.45, 2.75) is 19.8 Å². The molecule has 2 aliphatic carbocycles. The van der Waals surface area contributed by atoms with E-state index in [1.54, 1.807) is 0 Å². The average molecular weight is 222 g/mol. The molecule has 1 aromatic carbocycles. The lowest BCUT2D eigenvalue weighted by Crippen LogP contribution is -2.17. The monoisotopic (exact) mass is 222 g/mol. The molecule has 0 amide bonds. The second kappa shape index (κ2) is 4.37. The highest BCUT2D eigenvalue weighted by Gasteiger charge is 2.25. The number of allylic oxidation sites excluding steroid dienone is 6. The second-order valence-electron chi connectivity index (χ2n) is 5.07. The van der Waals surface area contributed by atoms with Crippen molar-refractivity contribution in [2.24, 2.45) is 11.8 Å². The van der Waals surface area contributed by atoms with Crippen LogP contribution < -0.4 is 0 Å². The summed E-state index contributed by atoms with van der Waals surface area (Å²) in [5.41, 5.74) is 4.19. The first-order valence-electron chi connectivity index (χ1n) is 6.47. The van der Waals surface area contributed by atoms with Crippen LogP contribution in [0.5, 0.6) is 0 Å². The van der Waals surface area contributed by atoms with Crippen molar-refractivity contribution in [3.8, 4) is 0 Å². The van der Waals surface area contributed by atoms with E-state index in [0.29, 0.717) is 11.8 Å². The van der Waals surface area contributed by atoms with Gasteiger partial charge in [-0.3, -0.25) is 0 Å². The standard InChI is InChI=1S/C17H18/c1-13-9-11-15(12-10-13)17-8-4-6-14-5-2-3-7-16(14)17/h3-4,6-12,14,16H,2,5H2,1H3. The minimum absolute atomic E-state index is 0.594. The van der Waals surface area contributed by atoms with E-state index < -0.39 is 0 Å². The quantitative estimate of drug-likeness (QED) is 0.612. The van der Waals surface area contributed by atoms with Gasteiger partial charge in [0.2, 0.25) is 0 Å². The minimum Gasteiger partial charge on any atom is -0.0879 e. The fourth-order valence-corrected chi connectivity index (χ4v) is 2.85. The summed E-state index contributed by atoms with van der Waals surface area (Å²) in [5, 5.41) is 0. The van der Waals surface area contributed by atoms with Crippen molar-refractivity contribution in [1.82, 2.24) is 0 Å². The largest absolute Gasteiger partial charge is 0.0879 e. The molecule has 0 aliphatic heterocycles. The Kier molecular flexibility index (Phi) is 2.72. The van der Waals surface area contributed by atoms with E-state index in [9.17, 15) is 0 Å². The Labute approximate surface area is 103 Å². The lowest BCUT2D eigenvalue weighted by Gasteiger charge is -2.30. The van der Waals surface area contributed by atoms with Crippen LogP contribution in [0.1, 0.15) is 24.0 Å². The SMILES string of the molecule is Cc1ccc(C2=CC=CC3CCC=CC23)cc1. The Morgan fingerprint density at radius 1 is 1.06 bits per heavy atom. The van der Waals surface area contributed by atoms with Crippen LogP contribution in [0.4, 0.5) is 0 Å². The van der Waals surface area contributed by atoms with E-state index in [1.807, 2.05) is 0 Å². The predicted octanol–water partition coefficient (Wildman–Crippen LogP) is 4.53. The van der Waals surface area contributed by atoms with Gasteiger partial charge in [-0.15, -0.1) is 0 Å². The minimum atomic E-state index is 0.594. The van der Waals surface area contributed by atoms with Gasteiger partial charge >= 0.3 is 0 Å². The third-order valence-electron chi connectivity index (χ3n) is 3.85. The zero-order chi connectivity index (χ0) is 11.7. The van der Waals surface area contributed by atoms with Gasteiger partial charge in [0.1, 0.15) is 0 Å². The maximum absolute atomic E-state index is 2.39. The highest BCUT2D eigenvalue weighted by Crippen LogP contribution is 2.39. The van der Waals surface area contributed by atoms with Crippen molar-refractivity contribution in [3.63, 3.8) is 0 Å². The fourth-order valence-electron chi connectivity index (χ4n) is 2.85. The maximum Gasteiger partial charge on any atom is 0.00869 e. The van der Waals surface area contributed by atoms with Crippen molar-refractivity contribution in [1.29, 1.82) is 0 Å². The first-order chi connectivity index (χ1) is 8.34. The van der Waals surface area contributed by atoms with Gasteiger partial charge in [-0.2, -0.15) is 0 Å². The summed E-state index contributed by atoms with van der Waals surface area (Å²) in [7, 11) is 0. The van der Waals surface area contributed by atoms with Crippen LogP contribution >= 0.6 is 0 Å². The highest BCUT2D eigenvalue weighted by molar-refractivity contribution is 5.72. The number of benzene rings is 1. The van der Waals surface area contributed by atoms with Gasteiger partial charge in [0.25, 0.3) is 0 Å². The molecule has 3 rings (SSSR count). The zero-order valence-electron chi connectivity index (χ0n) is 10.3. The van der Waals surface area contributed by atoms with E-state index in [2.05, 4.69) is 61.6 Å². The lowest BCUT2D eigenvalue weighted by atomic mass is 9.74. The molecule has 2 unspecified atom stereocenters. The number of rotatable bonds is 1. The number of aryl methyl sites for hydroxylation is 1. The Morgan fingerprint density at radius 2 is 1.88 bits per heavy atom. The molecule has 0 saturated carbocycles. The van der Waals surface area contributed by atoms with Crippen LogP contribution in [-0.2, 0) is 0 Å². The third-order valence-corrected chi connectivity index (χ3v) is 3.85. The molecule has 0 spiro atoms. The summed E-state index contributed by atoms with van der Waals surface area (Å²) in [5.74, 6) is 1.30. The molecule has 0 heterocycles. The van der Waals surface area contributed by atoms with E-state index in [1.165, 1.54) is 29.5 Å². The summed E-state index contributed by atoms with van der Waals surface area (Å²) in [6.07, 6.45) is 14.1. The van der Waals surface area contributed by atoms with Gasteiger partial charge in [0.15, 0.2) is 0 Å². The van der Waals surface area contributed by atoms with Gasteiger partial charge in [-0.25, -0.2) is 0 Å². The third kappa shape index (κ3) is 2.00. The maximum atomic E-state index is 2.39. The smallest absolute Gasteiger partial charge is 0.00869 e. The Bertz CT molecular complexity index is 485. The molecule has 0 fully saturated rings. The summed E-state index contributed by atoms with van der Waals surface area (Å²) in [4.78, 5) is 0. The highest BCUT2D eigenvalue weighted by atomic mass is 14.3. The lowest BCUT2D eigenvalue weighted by molar-refractivity contribution is 0.503. The van der Waals surface area contributed by atoms with Crippen LogP contribution in [0.2, 0.25) is 0 Å². The van der Waals surface area contributed by atoms with E-state index >= 15 is 0 Å². The molecule has 2 aliphatic rings. The van der Waals surface area contributed by atoms with Crippen molar-refractivity contribution in [2.75, 3.05) is 0 Å². The summed E-state index contributed by atoms with van der Waals surface area (Å²) < 4.78 is 0. The van der Waals surface area contributed by atoms with Gasteiger partial charge in [0, 0.05) is 5.92 Å². The van der Waals surface area contributed by atoms with E-state index in [-0.39, 0.29) is 0 Å². The zero-order valence-corrected chi connectivity index (χ0v) is 10.3. The molecule has 0 aromatic heterocycles. The normalized spacial score (nSPS) is 26.5. The summed E-state index contributed by atoms with van der Waals surface area (Å²) in [6, 6.07) is 8.91. The Hall–Kier alpha value is -1.56. The first-order valence-corrected chi connectivity index (χ1v) is 6.47. The molecule has 17 heavy (non-hydrogen) atoms.